The van der Waals surface area contributed by atoms with Crippen molar-refractivity contribution in [3.8, 4) is 0 Å². The third kappa shape index (κ3) is 3.62. The Balaban J connectivity index is 2.51. The van der Waals surface area contributed by atoms with E-state index in [4.69, 9.17) is 4.74 Å². The Morgan fingerprint density at radius 3 is 2.69 bits per heavy atom. The van der Waals surface area contributed by atoms with Crippen LogP contribution in [0.5, 0.6) is 0 Å². The Morgan fingerprint density at radius 2 is 2.31 bits per heavy atom. The molecule has 0 saturated carbocycles. The van der Waals surface area contributed by atoms with E-state index in [0.29, 0.717) is 12.5 Å². The maximum absolute atomic E-state index is 11.1. The molecule has 1 aliphatic rings. The van der Waals surface area contributed by atoms with Crippen LogP contribution in [-0.4, -0.2) is 46.7 Å². The van der Waals surface area contributed by atoms with Crippen molar-refractivity contribution in [2.45, 2.75) is 12.5 Å². The fraction of sp³-hybridized carbons (Fsp3) is 1.00. The van der Waals surface area contributed by atoms with Crippen LogP contribution in [0.15, 0.2) is 0 Å². The summed E-state index contributed by atoms with van der Waals surface area (Å²) in [7, 11) is -1.09. The molecule has 0 aromatic heterocycles. The lowest BCUT2D eigenvalue weighted by Gasteiger charge is -2.20. The molecule has 1 fully saturated rings. The van der Waals surface area contributed by atoms with Crippen LogP contribution in [0.25, 0.3) is 0 Å². The van der Waals surface area contributed by atoms with Gasteiger partial charge in [-0.05, 0) is 13.5 Å². The fourth-order valence-corrected chi connectivity index (χ4v) is 2.74. The lowest BCUT2D eigenvalue weighted by Crippen LogP contribution is -2.39. The van der Waals surface area contributed by atoms with Gasteiger partial charge in [-0.15, -0.1) is 0 Å². The fourth-order valence-electron chi connectivity index (χ4n) is 1.65. The van der Waals surface area contributed by atoms with Crippen LogP contribution < -0.4 is 5.32 Å². The molecule has 2 unspecified atom stereocenters. The van der Waals surface area contributed by atoms with Gasteiger partial charge in [0.05, 0.1) is 12.4 Å². The first-order valence-electron chi connectivity index (χ1n) is 4.45. The summed E-state index contributed by atoms with van der Waals surface area (Å²) in [5, 5.41) is 3.04. The highest BCUT2D eigenvalue weighted by Gasteiger charge is 2.26. The molecule has 0 aromatic rings. The summed E-state index contributed by atoms with van der Waals surface area (Å²) in [4.78, 5) is 0. The molecule has 0 radical (unpaired) electrons. The number of sulfone groups is 1. The first-order valence-corrected chi connectivity index (χ1v) is 6.51. The van der Waals surface area contributed by atoms with Crippen LogP contribution in [-0.2, 0) is 14.6 Å². The van der Waals surface area contributed by atoms with Crippen molar-refractivity contribution in [3.63, 3.8) is 0 Å². The first kappa shape index (κ1) is 10.9. The highest BCUT2D eigenvalue weighted by atomic mass is 32.2. The Kier molecular flexibility index (Phi) is 3.70. The van der Waals surface area contributed by atoms with E-state index < -0.39 is 9.84 Å². The van der Waals surface area contributed by atoms with E-state index in [1.165, 1.54) is 6.26 Å². The second-order valence-electron chi connectivity index (χ2n) is 3.61. The van der Waals surface area contributed by atoms with Gasteiger partial charge in [0.1, 0.15) is 9.84 Å². The van der Waals surface area contributed by atoms with Crippen molar-refractivity contribution in [3.05, 3.63) is 0 Å². The molecule has 5 heteroatoms. The average Bonchev–Trinajstić information content (AvgIpc) is 2.50. The maximum atomic E-state index is 11.1. The molecule has 78 valence electrons. The average molecular weight is 207 g/mol. The summed E-state index contributed by atoms with van der Waals surface area (Å²) in [5.41, 5.74) is 0. The van der Waals surface area contributed by atoms with Gasteiger partial charge in [0.15, 0.2) is 0 Å². The molecule has 1 rings (SSSR count). The van der Waals surface area contributed by atoms with Gasteiger partial charge in [-0.3, -0.25) is 0 Å². The zero-order valence-electron chi connectivity index (χ0n) is 8.12. The highest BCUT2D eigenvalue weighted by Crippen LogP contribution is 2.17. The third-order valence-corrected chi connectivity index (χ3v) is 3.35. The van der Waals surface area contributed by atoms with Crippen molar-refractivity contribution in [2.75, 3.05) is 32.3 Å². The number of hydrogen-bond acceptors (Lipinski definition) is 4. The Labute approximate surface area is 79.6 Å². The molecule has 1 N–H and O–H groups in total. The van der Waals surface area contributed by atoms with Crippen molar-refractivity contribution in [1.29, 1.82) is 0 Å². The van der Waals surface area contributed by atoms with E-state index in [1.54, 1.807) is 7.05 Å². The molecule has 0 aliphatic carbocycles. The minimum atomic E-state index is -2.89. The zero-order valence-corrected chi connectivity index (χ0v) is 8.93. The molecular formula is C8H17NO3S. The van der Waals surface area contributed by atoms with Crippen molar-refractivity contribution in [1.82, 2.24) is 5.32 Å². The zero-order chi connectivity index (χ0) is 9.90. The molecule has 1 aliphatic heterocycles. The summed E-state index contributed by atoms with van der Waals surface area (Å²) in [6.07, 6.45) is 2.23. The quantitative estimate of drug-likeness (QED) is 0.685. The van der Waals surface area contributed by atoms with E-state index in [2.05, 4.69) is 5.32 Å². The van der Waals surface area contributed by atoms with Gasteiger partial charge < -0.3 is 10.1 Å². The van der Waals surface area contributed by atoms with Crippen LogP contribution in [0.2, 0.25) is 0 Å². The minimum absolute atomic E-state index is 0.0394. The summed E-state index contributed by atoms with van der Waals surface area (Å²) < 4.78 is 27.4. The summed E-state index contributed by atoms with van der Waals surface area (Å²) in [6.45, 7) is 1.44. The molecule has 1 saturated heterocycles. The molecule has 2 atom stereocenters. The Hall–Kier alpha value is -0.130. The molecule has 0 spiro atoms. The topological polar surface area (TPSA) is 55.4 Å². The molecule has 0 aromatic carbocycles. The largest absolute Gasteiger partial charge is 0.381 e. The molecule has 4 nitrogen and oxygen atoms in total. The maximum Gasteiger partial charge on any atom is 0.148 e. The van der Waals surface area contributed by atoms with Gasteiger partial charge in [0.25, 0.3) is 0 Å². The number of ether oxygens (including phenoxy) is 1. The van der Waals surface area contributed by atoms with Crippen molar-refractivity contribution in [2.24, 2.45) is 5.92 Å². The van der Waals surface area contributed by atoms with Crippen LogP contribution in [0, 0.1) is 5.92 Å². The van der Waals surface area contributed by atoms with Gasteiger partial charge in [-0.25, -0.2) is 8.42 Å². The molecule has 0 amide bonds. The second kappa shape index (κ2) is 4.39. The van der Waals surface area contributed by atoms with E-state index in [0.717, 1.165) is 13.0 Å². The van der Waals surface area contributed by atoms with E-state index in [-0.39, 0.29) is 11.8 Å². The van der Waals surface area contributed by atoms with Crippen LogP contribution in [0.3, 0.4) is 0 Å². The van der Waals surface area contributed by atoms with E-state index in [1.807, 2.05) is 0 Å². The standard InChI is InChI=1S/C8H17NO3S/c1-9-8(6-13(2,10)11)7-3-4-12-5-7/h7-9H,3-6H2,1-2H3. The summed E-state index contributed by atoms with van der Waals surface area (Å²) in [6, 6.07) is 0.0394. The van der Waals surface area contributed by atoms with Gasteiger partial charge >= 0.3 is 0 Å². The van der Waals surface area contributed by atoms with E-state index in [9.17, 15) is 8.42 Å². The first-order chi connectivity index (χ1) is 6.03. The molecule has 13 heavy (non-hydrogen) atoms. The monoisotopic (exact) mass is 207 g/mol. The third-order valence-electron chi connectivity index (χ3n) is 2.39. The Bertz CT molecular complexity index is 244. The van der Waals surface area contributed by atoms with Crippen LogP contribution >= 0.6 is 0 Å². The van der Waals surface area contributed by atoms with E-state index >= 15 is 0 Å². The van der Waals surface area contributed by atoms with Gasteiger partial charge in [-0.2, -0.15) is 0 Å². The number of rotatable bonds is 4. The second-order valence-corrected chi connectivity index (χ2v) is 5.80. The van der Waals surface area contributed by atoms with Crippen LogP contribution in [0.1, 0.15) is 6.42 Å². The lowest BCUT2D eigenvalue weighted by molar-refractivity contribution is 0.179. The molecule has 1 heterocycles. The van der Waals surface area contributed by atoms with Gasteiger partial charge in [-0.1, -0.05) is 0 Å². The predicted molar refractivity (Wildman–Crippen MR) is 51.5 cm³/mol. The van der Waals surface area contributed by atoms with Crippen LogP contribution in [0.4, 0.5) is 0 Å². The number of hydrogen-bond donors (Lipinski definition) is 1. The van der Waals surface area contributed by atoms with Crippen molar-refractivity contribution >= 4 is 9.84 Å². The number of nitrogens with one attached hydrogen (secondary N) is 1. The Morgan fingerprint density at radius 1 is 1.62 bits per heavy atom. The summed E-state index contributed by atoms with van der Waals surface area (Å²) >= 11 is 0. The van der Waals surface area contributed by atoms with Gasteiger partial charge in [0.2, 0.25) is 0 Å². The normalized spacial score (nSPS) is 26.2. The smallest absolute Gasteiger partial charge is 0.148 e. The van der Waals surface area contributed by atoms with Gasteiger partial charge in [0, 0.05) is 24.8 Å². The molecule has 0 bridgehead atoms. The summed E-state index contributed by atoms with van der Waals surface area (Å²) in [5.74, 6) is 0.553. The van der Waals surface area contributed by atoms with Crippen molar-refractivity contribution < 1.29 is 13.2 Å². The molecular weight excluding hydrogens is 190 g/mol. The SMILES string of the molecule is CNC(CS(C)(=O)=O)C1CCOC1. The lowest BCUT2D eigenvalue weighted by atomic mass is 10.0. The minimum Gasteiger partial charge on any atom is -0.381 e. The highest BCUT2D eigenvalue weighted by molar-refractivity contribution is 7.90. The predicted octanol–water partition coefficient (Wildman–Crippen LogP) is -0.344.